The maximum atomic E-state index is 14.0. The first-order valence-electron chi connectivity index (χ1n) is 6.78. The van der Waals surface area contributed by atoms with Crippen LogP contribution in [-0.4, -0.2) is 27.4 Å². The zero-order valence-corrected chi connectivity index (χ0v) is 12.0. The number of fused-ring (bicyclic) bond motifs is 1. The van der Waals surface area contributed by atoms with Crippen LogP contribution in [0, 0.1) is 11.6 Å². The molecule has 0 aliphatic heterocycles. The molecule has 2 aromatic rings. The van der Waals surface area contributed by atoms with E-state index in [-0.39, 0.29) is 29.9 Å². The molecule has 1 aliphatic carbocycles. The molecule has 3 rings (SSSR count). The first-order valence-corrected chi connectivity index (χ1v) is 7.32. The number of nitrogens with zero attached hydrogens (tertiary/aromatic N) is 2. The average molecular weight is 314 g/mol. The van der Waals surface area contributed by atoms with E-state index in [0.717, 1.165) is 18.9 Å². The van der Waals surface area contributed by atoms with Crippen LogP contribution in [0.4, 0.5) is 8.78 Å². The van der Waals surface area contributed by atoms with Crippen molar-refractivity contribution in [1.82, 2.24) is 14.9 Å². The Morgan fingerprint density at radius 1 is 1.43 bits per heavy atom. The summed E-state index contributed by atoms with van der Waals surface area (Å²) in [6, 6.07) is 2.65. The van der Waals surface area contributed by atoms with Crippen LogP contribution in [0.2, 0.25) is 0 Å². The topological polar surface area (TPSA) is 46.9 Å². The summed E-state index contributed by atoms with van der Waals surface area (Å²) in [5.41, 5.74) is 0.342. The van der Waals surface area contributed by atoms with E-state index >= 15 is 0 Å². The Morgan fingerprint density at radius 3 is 2.86 bits per heavy atom. The molecule has 7 heteroatoms. The molecule has 1 aromatic carbocycles. The summed E-state index contributed by atoms with van der Waals surface area (Å²) >= 11 is 5.72. The van der Waals surface area contributed by atoms with Crippen molar-refractivity contribution in [2.75, 3.05) is 5.88 Å². The number of rotatable bonds is 5. The molecule has 4 nitrogen and oxygen atoms in total. The normalized spacial score (nSPS) is 14.6. The molecule has 1 aliphatic rings. The summed E-state index contributed by atoms with van der Waals surface area (Å²) < 4.78 is 28.9. The molecule has 0 atom stereocenters. The van der Waals surface area contributed by atoms with Crippen molar-refractivity contribution in [3.63, 3.8) is 0 Å². The Hall–Kier alpha value is -1.69. The van der Waals surface area contributed by atoms with Gasteiger partial charge in [0, 0.05) is 18.3 Å². The first-order chi connectivity index (χ1) is 10.1. The van der Waals surface area contributed by atoms with Crippen LogP contribution in [0.15, 0.2) is 12.1 Å². The Labute approximate surface area is 125 Å². The predicted octanol–water partition coefficient (Wildman–Crippen LogP) is 2.37. The van der Waals surface area contributed by atoms with Crippen molar-refractivity contribution < 1.29 is 13.6 Å². The van der Waals surface area contributed by atoms with E-state index in [4.69, 9.17) is 11.6 Å². The van der Waals surface area contributed by atoms with E-state index < -0.39 is 11.6 Å². The zero-order chi connectivity index (χ0) is 15.0. The van der Waals surface area contributed by atoms with E-state index in [1.165, 1.54) is 10.6 Å². The monoisotopic (exact) mass is 313 g/mol. The number of aromatic nitrogens is 2. The second-order valence-corrected chi connectivity index (χ2v) is 5.50. The summed E-state index contributed by atoms with van der Waals surface area (Å²) in [6.45, 7) is -0.0837. The third-order valence-electron chi connectivity index (χ3n) is 3.44. The Morgan fingerprint density at radius 2 is 2.19 bits per heavy atom. The second-order valence-electron chi connectivity index (χ2n) is 5.12. The zero-order valence-electron chi connectivity index (χ0n) is 11.2. The van der Waals surface area contributed by atoms with E-state index in [0.29, 0.717) is 17.8 Å². The lowest BCUT2D eigenvalue weighted by molar-refractivity contribution is -0.121. The van der Waals surface area contributed by atoms with Crippen molar-refractivity contribution >= 4 is 28.5 Å². The fourth-order valence-corrected chi connectivity index (χ4v) is 2.46. The molecule has 21 heavy (non-hydrogen) atoms. The highest BCUT2D eigenvalue weighted by atomic mass is 35.5. The first kappa shape index (κ1) is 14.3. The number of alkyl halides is 1. The third-order valence-corrected chi connectivity index (χ3v) is 3.63. The van der Waals surface area contributed by atoms with Crippen LogP contribution in [0.25, 0.3) is 11.0 Å². The van der Waals surface area contributed by atoms with Gasteiger partial charge in [0.1, 0.15) is 17.9 Å². The molecule has 0 saturated heterocycles. The highest BCUT2D eigenvalue weighted by Gasteiger charge is 2.25. The molecule has 1 amide bonds. The summed E-state index contributed by atoms with van der Waals surface area (Å²) in [5.74, 6) is -1.40. The third kappa shape index (κ3) is 2.85. The molecule has 0 unspecified atom stereocenters. The summed E-state index contributed by atoms with van der Waals surface area (Å²) in [6.07, 6.45) is 2.32. The number of nitrogens with one attached hydrogen (secondary N) is 1. The molecule has 0 bridgehead atoms. The minimum Gasteiger partial charge on any atom is -0.352 e. The lowest BCUT2D eigenvalue weighted by atomic mass is 10.3. The molecular formula is C14H14ClF2N3O. The van der Waals surface area contributed by atoms with Crippen LogP contribution in [0.1, 0.15) is 18.7 Å². The van der Waals surface area contributed by atoms with E-state index in [1.54, 1.807) is 0 Å². The van der Waals surface area contributed by atoms with Crippen LogP contribution in [-0.2, 0) is 17.8 Å². The fraction of sp³-hybridized carbons (Fsp3) is 0.429. The fourth-order valence-electron chi connectivity index (χ4n) is 2.30. The van der Waals surface area contributed by atoms with Crippen LogP contribution >= 0.6 is 11.6 Å². The number of benzene rings is 1. The predicted molar refractivity (Wildman–Crippen MR) is 75.2 cm³/mol. The summed E-state index contributed by atoms with van der Waals surface area (Å²) in [4.78, 5) is 16.2. The molecule has 1 saturated carbocycles. The Bertz CT molecular complexity index is 697. The Kier molecular flexibility index (Phi) is 3.80. The number of halogens is 3. The minimum atomic E-state index is -0.986. The molecule has 112 valence electrons. The number of carbonyl (C=O) groups excluding carboxylic acids is 1. The van der Waals surface area contributed by atoms with Gasteiger partial charge >= 0.3 is 0 Å². The maximum Gasteiger partial charge on any atom is 0.240 e. The quantitative estimate of drug-likeness (QED) is 0.862. The van der Waals surface area contributed by atoms with Crippen LogP contribution < -0.4 is 5.32 Å². The number of imidazole rings is 1. The Balaban J connectivity index is 2.01. The summed E-state index contributed by atoms with van der Waals surface area (Å²) in [7, 11) is 0. The lowest BCUT2D eigenvalue weighted by Crippen LogP contribution is -2.30. The molecule has 0 radical (unpaired) electrons. The largest absolute Gasteiger partial charge is 0.352 e. The average Bonchev–Trinajstić information content (AvgIpc) is 3.18. The van der Waals surface area contributed by atoms with Crippen molar-refractivity contribution in [2.45, 2.75) is 31.8 Å². The van der Waals surface area contributed by atoms with Crippen molar-refractivity contribution in [2.24, 2.45) is 0 Å². The van der Waals surface area contributed by atoms with Crippen molar-refractivity contribution in [1.29, 1.82) is 0 Å². The molecule has 1 N–H and O–H groups in total. The number of amides is 1. The van der Waals surface area contributed by atoms with Gasteiger partial charge in [-0.1, -0.05) is 0 Å². The van der Waals surface area contributed by atoms with Gasteiger partial charge in [-0.3, -0.25) is 4.79 Å². The van der Waals surface area contributed by atoms with Gasteiger partial charge in [-0.15, -0.1) is 11.6 Å². The van der Waals surface area contributed by atoms with Crippen LogP contribution in [0.5, 0.6) is 0 Å². The van der Waals surface area contributed by atoms with Gasteiger partial charge in [-0.05, 0) is 25.0 Å². The molecule has 1 heterocycles. The lowest BCUT2D eigenvalue weighted by Gasteiger charge is -2.09. The SMILES string of the molecule is O=C(Cn1c(CCCl)nc2ccc(F)c(F)c21)NC1CC1. The molecular weight excluding hydrogens is 300 g/mol. The van der Waals surface area contributed by atoms with Gasteiger partial charge in [0.25, 0.3) is 0 Å². The smallest absolute Gasteiger partial charge is 0.240 e. The van der Waals surface area contributed by atoms with Gasteiger partial charge in [-0.25, -0.2) is 13.8 Å². The molecule has 1 aromatic heterocycles. The second kappa shape index (κ2) is 5.60. The van der Waals surface area contributed by atoms with Gasteiger partial charge in [0.15, 0.2) is 11.6 Å². The van der Waals surface area contributed by atoms with Gasteiger partial charge < -0.3 is 9.88 Å². The molecule has 0 spiro atoms. The van der Waals surface area contributed by atoms with Gasteiger partial charge in [0.2, 0.25) is 5.91 Å². The minimum absolute atomic E-state index is 0.0149. The number of hydrogen-bond acceptors (Lipinski definition) is 2. The highest BCUT2D eigenvalue weighted by Crippen LogP contribution is 2.23. The standard InChI is InChI=1S/C14H14ClF2N3O/c15-6-5-11-19-10-4-3-9(16)13(17)14(10)20(11)7-12(21)18-8-1-2-8/h3-4,8H,1-2,5-7H2,(H,18,21). The number of hydrogen-bond donors (Lipinski definition) is 1. The summed E-state index contributed by atoms with van der Waals surface area (Å²) in [5, 5.41) is 2.82. The van der Waals surface area contributed by atoms with Crippen molar-refractivity contribution in [3.05, 3.63) is 29.6 Å². The van der Waals surface area contributed by atoms with Crippen molar-refractivity contribution in [3.8, 4) is 0 Å². The maximum absolute atomic E-state index is 14.0. The molecule has 1 fully saturated rings. The van der Waals surface area contributed by atoms with E-state index in [9.17, 15) is 13.6 Å². The van der Waals surface area contributed by atoms with Gasteiger partial charge in [0.05, 0.1) is 5.52 Å². The van der Waals surface area contributed by atoms with Crippen LogP contribution in [0.3, 0.4) is 0 Å². The highest BCUT2D eigenvalue weighted by molar-refractivity contribution is 6.17. The number of aryl methyl sites for hydroxylation is 1. The number of carbonyl (C=O) groups is 1. The van der Waals surface area contributed by atoms with E-state index in [1.807, 2.05) is 0 Å². The van der Waals surface area contributed by atoms with Gasteiger partial charge in [-0.2, -0.15) is 0 Å². The van der Waals surface area contributed by atoms with E-state index in [2.05, 4.69) is 10.3 Å².